The lowest BCUT2D eigenvalue weighted by atomic mass is 9.90. The van der Waals surface area contributed by atoms with Crippen molar-refractivity contribution in [2.45, 2.75) is 230 Å². The zero-order chi connectivity index (χ0) is 83.8. The van der Waals surface area contributed by atoms with Gasteiger partial charge in [0.1, 0.15) is 83.7 Å². The predicted molar refractivity (Wildman–Crippen MR) is 407 cm³/mol. The van der Waals surface area contributed by atoms with Crippen molar-refractivity contribution in [3.05, 3.63) is 106 Å². The normalized spacial score (nSPS) is 18.2. The van der Waals surface area contributed by atoms with Crippen LogP contribution >= 0.6 is 0 Å². The Morgan fingerprint density at radius 3 is 1.81 bits per heavy atom. The van der Waals surface area contributed by atoms with Gasteiger partial charge in [-0.3, -0.25) is 57.6 Å². The molecule has 622 valence electrons. The lowest BCUT2D eigenvalue weighted by Gasteiger charge is -2.42. The van der Waals surface area contributed by atoms with E-state index in [1.807, 2.05) is 32.9 Å². The van der Waals surface area contributed by atoms with Gasteiger partial charge in [0.2, 0.25) is 65.0 Å². The van der Waals surface area contributed by atoms with E-state index in [2.05, 4.69) is 16.0 Å². The third-order valence-electron chi connectivity index (χ3n) is 22.8. The fourth-order valence-corrected chi connectivity index (χ4v) is 15.6. The Morgan fingerprint density at radius 2 is 1.26 bits per heavy atom. The van der Waals surface area contributed by atoms with Gasteiger partial charge in [0.05, 0.1) is 13.0 Å². The molecule has 3 aromatic carbocycles. The van der Waals surface area contributed by atoms with Crippen molar-refractivity contribution in [3.8, 4) is 0 Å². The number of halogens is 5. The van der Waals surface area contributed by atoms with E-state index in [1.165, 1.54) is 85.7 Å². The highest BCUT2D eigenvalue weighted by molar-refractivity contribution is 6.01. The molecule has 0 radical (unpaired) electrons. The van der Waals surface area contributed by atoms with Gasteiger partial charge in [0.15, 0.2) is 0 Å². The molecule has 4 aliphatic rings. The number of amides is 12. The van der Waals surface area contributed by atoms with Gasteiger partial charge in [-0.05, 0) is 132 Å². The lowest BCUT2D eigenvalue weighted by Crippen LogP contribution is -2.65. The maximum Gasteiger partial charge on any atom is 0.422 e. The number of hydrogen-bond acceptors (Lipinski definition) is 14. The summed E-state index contributed by atoms with van der Waals surface area (Å²) in [6.45, 7) is 11.4. The van der Waals surface area contributed by atoms with Crippen molar-refractivity contribution >= 4 is 77.0 Å². The number of nitrogens with zero attached hydrogens (tertiary/aromatic N) is 9. The molecule has 4 fully saturated rings. The highest BCUT2D eigenvalue weighted by Gasteiger charge is 2.52. The molecular formula is C81H113F5N12O15. The molecule has 0 unspecified atom stereocenters. The fraction of sp³-hybridized carbons (Fsp3) is 0.617. The highest BCUT2D eigenvalue weighted by atomic mass is 19.4. The molecule has 4 N–H and O–H groups in total. The third-order valence-corrected chi connectivity index (χ3v) is 22.8. The maximum absolute atomic E-state index is 15.7. The van der Waals surface area contributed by atoms with Crippen LogP contribution in [0.4, 0.5) is 26.7 Å². The maximum atomic E-state index is 15.7. The summed E-state index contributed by atoms with van der Waals surface area (Å²) in [5.74, 6) is -14.3. The first-order valence-electron chi connectivity index (χ1n) is 39.0. The molecule has 2 saturated carbocycles. The van der Waals surface area contributed by atoms with Crippen LogP contribution < -0.4 is 16.0 Å². The molecule has 2 heterocycles. The zero-order valence-electron chi connectivity index (χ0n) is 67.4. The minimum absolute atomic E-state index is 0.00819. The number of aryl methyl sites for hydroxylation is 2. The second-order valence-corrected chi connectivity index (χ2v) is 31.4. The average Bonchev–Trinajstić information content (AvgIpc) is 1.75. The van der Waals surface area contributed by atoms with E-state index in [0.29, 0.717) is 68.2 Å². The molecule has 0 bridgehead atoms. The minimum atomic E-state index is -5.40. The summed E-state index contributed by atoms with van der Waals surface area (Å²) in [5.41, 5.74) is -1.88. The number of carbonyl (C=O) groups excluding carboxylic acids is 12. The molecule has 2 saturated heterocycles. The molecule has 0 aromatic heterocycles. The number of carboxylic acids is 1. The van der Waals surface area contributed by atoms with Crippen molar-refractivity contribution in [1.82, 2.24) is 60.0 Å². The Hall–Kier alpha value is -9.78. The van der Waals surface area contributed by atoms with E-state index >= 15 is 28.0 Å². The van der Waals surface area contributed by atoms with Crippen LogP contribution in [-0.2, 0) is 87.9 Å². The molecule has 3 aromatic rings. The van der Waals surface area contributed by atoms with Crippen molar-refractivity contribution in [2.75, 3.05) is 75.5 Å². The monoisotopic (exact) mass is 1590 g/mol. The molecule has 113 heavy (non-hydrogen) atoms. The Labute approximate surface area is 658 Å². The van der Waals surface area contributed by atoms with Gasteiger partial charge in [-0.25, -0.2) is 18.4 Å². The van der Waals surface area contributed by atoms with Crippen LogP contribution in [0.25, 0.3) is 0 Å². The number of alkyl halides is 3. The van der Waals surface area contributed by atoms with E-state index in [0.717, 1.165) is 20.3 Å². The number of ether oxygens (including phenoxy) is 1. The molecule has 10 atom stereocenters. The van der Waals surface area contributed by atoms with E-state index in [-0.39, 0.29) is 82.7 Å². The summed E-state index contributed by atoms with van der Waals surface area (Å²) in [7, 11) is 9.71. The van der Waals surface area contributed by atoms with Gasteiger partial charge >= 0.3 is 18.2 Å². The van der Waals surface area contributed by atoms with Gasteiger partial charge in [0, 0.05) is 75.4 Å². The zero-order valence-corrected chi connectivity index (χ0v) is 67.4. The molecule has 12 amide bonds. The summed E-state index contributed by atoms with van der Waals surface area (Å²) in [4.78, 5) is 199. The van der Waals surface area contributed by atoms with E-state index < -0.39 is 198 Å². The van der Waals surface area contributed by atoms with Gasteiger partial charge in [-0.1, -0.05) is 120 Å². The largest absolute Gasteiger partial charge is 0.480 e. The molecule has 2 aliphatic heterocycles. The van der Waals surface area contributed by atoms with Gasteiger partial charge in [-0.2, -0.15) is 13.2 Å². The number of rotatable bonds is 35. The molecule has 27 nitrogen and oxygen atoms in total. The second-order valence-electron chi connectivity index (χ2n) is 31.4. The number of aliphatic carboxylic acids is 1. The topological polar surface area (TPSA) is 317 Å². The van der Waals surface area contributed by atoms with E-state index in [4.69, 9.17) is 4.74 Å². The molecule has 0 spiro atoms. The van der Waals surface area contributed by atoms with Crippen LogP contribution in [0.3, 0.4) is 0 Å². The van der Waals surface area contributed by atoms with Gasteiger partial charge in [-0.15, -0.1) is 0 Å². The summed E-state index contributed by atoms with van der Waals surface area (Å²) in [6.07, 6.45) is -3.62. The molecule has 2 aliphatic carbocycles. The van der Waals surface area contributed by atoms with Gasteiger partial charge in [0.25, 0.3) is 0 Å². The van der Waals surface area contributed by atoms with Crippen molar-refractivity contribution < 1.29 is 94.1 Å². The standard InChI is InChI=1S/C81H113F5N12O15/c1-15-50(6)67(75(107)92(11)51(7)71(103)98-40-36-60(98)77(109)110)88-69(101)61(41-48(3)4)93(12)65(100)45-62(73(105)90(8)9)94(13)76(108)68(55-27-20-21-28-55)95(14)78(111)80(37-22-23-38-80)89-70(102)59-29-24-39-97(59)72(104)58(35-34-54-42-56(82)66(57(83)43-54)81(84,85)86)87-64(99)46-91(10)74(106)63(44-52-32-30-49(5)31-33-52)96(16-2)79(112)113-47-53-25-18-17-19-26-53/h17-19,25-26,30-33,42-43,48,50-51,55,58-63,67-68H,15-16,20-24,27-29,34-41,44-47H2,1-14H3,(H,87,99)(H,88,101)(H,89,102)(H,109,110)/t50-,51-,58-,59-,60-,61-,62-,63-,67-,68-/m0/s1. The van der Waals surface area contributed by atoms with Crippen LogP contribution in [0, 0.1) is 36.3 Å². The number of nitrogens with one attached hydrogen (secondary N) is 3. The first-order valence-corrected chi connectivity index (χ1v) is 39.0. The minimum Gasteiger partial charge on any atom is -0.480 e. The number of hydrogen-bond donors (Lipinski definition) is 4. The van der Waals surface area contributed by atoms with E-state index in [1.54, 1.807) is 63.2 Å². The third kappa shape index (κ3) is 22.4. The van der Waals surface area contributed by atoms with Gasteiger partial charge < -0.3 is 65.0 Å². The van der Waals surface area contributed by atoms with Crippen LogP contribution in [0.15, 0.2) is 66.7 Å². The number of carboxylic acid groups (broad SMARTS) is 1. The van der Waals surface area contributed by atoms with E-state index in [9.17, 15) is 61.4 Å². The highest BCUT2D eigenvalue weighted by Crippen LogP contribution is 2.38. The quantitative estimate of drug-likeness (QED) is 0.0426. The van der Waals surface area contributed by atoms with Crippen molar-refractivity contribution in [3.63, 3.8) is 0 Å². The number of likely N-dealkylation sites (tertiary alicyclic amines) is 2. The first-order chi connectivity index (χ1) is 53.2. The Kier molecular flexibility index (Phi) is 31.8. The van der Waals surface area contributed by atoms with Crippen LogP contribution in [0.2, 0.25) is 0 Å². The Bertz CT molecular complexity index is 3890. The molecular weight excluding hydrogens is 1480 g/mol. The fourth-order valence-electron chi connectivity index (χ4n) is 15.6. The summed E-state index contributed by atoms with van der Waals surface area (Å²) in [5, 5.41) is 18.1. The molecule has 32 heteroatoms. The number of carbonyl (C=O) groups is 13. The average molecular weight is 1590 g/mol. The summed E-state index contributed by atoms with van der Waals surface area (Å²) < 4.78 is 77.3. The van der Waals surface area contributed by atoms with Crippen molar-refractivity contribution in [1.29, 1.82) is 0 Å². The summed E-state index contributed by atoms with van der Waals surface area (Å²) >= 11 is 0. The smallest absolute Gasteiger partial charge is 0.422 e. The SMILES string of the molecule is CC[C@H](C)[C@H](NC(=O)[C@H](CC(C)C)N(C)C(=O)C[C@@H](C(=O)N(C)C)N(C)C(=O)[C@H](C1CCCC1)N(C)C(=O)C1(NC(=O)[C@@H]2CCCN2C(=O)[C@H](CCc2cc(F)c(C(F)(F)F)c(F)c2)NC(=O)CN(C)C(=O)[C@H](Cc2ccc(C)cc2)N(CC)C(=O)OCc2ccccc2)CCCC1)C(=O)N(C)[C@@H](C)C(=O)N1CC[C@H]1C(=O)O. The lowest BCUT2D eigenvalue weighted by molar-refractivity contribution is -0.161. The number of likely N-dealkylation sites (N-methyl/N-ethyl adjacent to an activating group) is 7. The Morgan fingerprint density at radius 1 is 0.646 bits per heavy atom. The molecule has 7 rings (SSSR count). The Balaban J connectivity index is 1.11. The van der Waals surface area contributed by atoms with Crippen LogP contribution in [-0.4, -0.2) is 262 Å². The van der Waals surface area contributed by atoms with Crippen LogP contribution in [0.5, 0.6) is 0 Å². The van der Waals surface area contributed by atoms with Crippen LogP contribution in [0.1, 0.15) is 166 Å². The first kappa shape index (κ1) is 90.4. The number of benzene rings is 3. The predicted octanol–water partition coefficient (Wildman–Crippen LogP) is 7.12. The second kappa shape index (κ2) is 39.8. The summed E-state index contributed by atoms with van der Waals surface area (Å²) in [6, 6.07) is 5.39. The van der Waals surface area contributed by atoms with Crippen molar-refractivity contribution in [2.24, 2.45) is 17.8 Å².